The topological polar surface area (TPSA) is 101 Å². The molecular formula is C29H26N2O6. The van der Waals surface area contributed by atoms with Crippen molar-refractivity contribution in [2.45, 2.75) is 20.8 Å². The molecule has 0 spiro atoms. The molecule has 2 aliphatic heterocycles. The number of hydrogen-bond donors (Lipinski definition) is 0. The van der Waals surface area contributed by atoms with Gasteiger partial charge in [-0.15, -0.1) is 0 Å². The molecule has 188 valence electrons. The Labute approximate surface area is 213 Å². The van der Waals surface area contributed by atoms with Crippen LogP contribution < -0.4 is 9.80 Å². The summed E-state index contributed by atoms with van der Waals surface area (Å²) in [5.41, 5.74) is 2.69. The minimum atomic E-state index is -0.921. The molecule has 2 aromatic carbocycles. The molecule has 2 heterocycles. The van der Waals surface area contributed by atoms with Crippen molar-refractivity contribution < 1.29 is 28.7 Å². The van der Waals surface area contributed by atoms with Crippen LogP contribution in [0.2, 0.25) is 0 Å². The van der Waals surface area contributed by atoms with Gasteiger partial charge in [-0.25, -0.2) is 14.6 Å². The summed E-state index contributed by atoms with van der Waals surface area (Å²) >= 11 is 0. The van der Waals surface area contributed by atoms with E-state index in [2.05, 4.69) is 0 Å². The maximum atomic E-state index is 13.9. The first kappa shape index (κ1) is 23.3. The van der Waals surface area contributed by atoms with E-state index in [-0.39, 0.29) is 12.2 Å². The van der Waals surface area contributed by atoms with Crippen LogP contribution in [-0.4, -0.2) is 36.2 Å². The lowest BCUT2D eigenvalue weighted by Gasteiger charge is -2.46. The van der Waals surface area contributed by atoms with Crippen LogP contribution in [0.25, 0.3) is 0 Å². The van der Waals surface area contributed by atoms with Gasteiger partial charge in [0.15, 0.2) is 0 Å². The van der Waals surface area contributed by atoms with Crippen LogP contribution in [0, 0.1) is 49.4 Å². The fourth-order valence-corrected chi connectivity index (χ4v) is 6.87. The van der Waals surface area contributed by atoms with Gasteiger partial charge in [0.2, 0.25) is 23.6 Å². The van der Waals surface area contributed by atoms with Gasteiger partial charge in [0.05, 0.1) is 41.7 Å². The SMILES string of the molecule is CCOC(=O)C1=CC2[C@H]3C(=O)N(c4ccccc4C)C(=O)[C@@H]3C1[C@@H]1C(=O)N(c3ccccc3C)C(=O)[C@@H]21. The number of benzene rings is 2. The summed E-state index contributed by atoms with van der Waals surface area (Å²) in [4.78, 5) is 70.9. The molecular weight excluding hydrogens is 472 g/mol. The molecule has 37 heavy (non-hydrogen) atoms. The summed E-state index contributed by atoms with van der Waals surface area (Å²) in [6.07, 6.45) is 1.63. The molecule has 7 rings (SSSR count). The first-order valence-corrected chi connectivity index (χ1v) is 12.5. The predicted octanol–water partition coefficient (Wildman–Crippen LogP) is 2.96. The molecule has 0 N–H and O–H groups in total. The maximum Gasteiger partial charge on any atom is 0.334 e. The molecule has 2 saturated heterocycles. The summed E-state index contributed by atoms with van der Waals surface area (Å²) in [6, 6.07) is 14.2. The second-order valence-corrected chi connectivity index (χ2v) is 10.1. The summed E-state index contributed by atoms with van der Waals surface area (Å²) in [5.74, 6) is -7.48. The van der Waals surface area contributed by atoms with Gasteiger partial charge in [-0.2, -0.15) is 0 Å². The van der Waals surface area contributed by atoms with E-state index in [1.807, 2.05) is 38.1 Å². The minimum absolute atomic E-state index is 0.125. The van der Waals surface area contributed by atoms with Gasteiger partial charge in [-0.05, 0) is 44.0 Å². The van der Waals surface area contributed by atoms with Gasteiger partial charge < -0.3 is 4.74 Å². The monoisotopic (exact) mass is 498 g/mol. The number of hydrogen-bond acceptors (Lipinski definition) is 6. The fraction of sp³-hybridized carbons (Fsp3) is 0.345. The van der Waals surface area contributed by atoms with Crippen LogP contribution in [0.15, 0.2) is 60.2 Å². The number of carbonyl (C=O) groups excluding carboxylic acids is 5. The molecule has 5 aliphatic rings. The Balaban J connectivity index is 1.49. The van der Waals surface area contributed by atoms with Crippen molar-refractivity contribution in [3.05, 3.63) is 71.3 Å². The number of nitrogens with zero attached hydrogens (tertiary/aromatic N) is 2. The summed E-state index contributed by atoms with van der Waals surface area (Å²) < 4.78 is 5.29. The summed E-state index contributed by atoms with van der Waals surface area (Å²) in [6.45, 7) is 5.44. The second-order valence-electron chi connectivity index (χ2n) is 10.1. The Hall–Kier alpha value is -4.07. The fourth-order valence-electron chi connectivity index (χ4n) is 6.87. The van der Waals surface area contributed by atoms with E-state index in [4.69, 9.17) is 4.74 Å². The number of allylic oxidation sites excluding steroid dienone is 1. The number of imide groups is 2. The molecule has 0 radical (unpaired) electrons. The highest BCUT2D eigenvalue weighted by Crippen LogP contribution is 2.61. The van der Waals surface area contributed by atoms with Gasteiger partial charge in [0.25, 0.3) is 0 Å². The van der Waals surface area contributed by atoms with E-state index in [1.54, 1.807) is 37.3 Å². The Bertz CT molecular complexity index is 1340. The zero-order chi connectivity index (χ0) is 26.2. The lowest BCUT2D eigenvalue weighted by atomic mass is 9.52. The third kappa shape index (κ3) is 3.04. The largest absolute Gasteiger partial charge is 0.463 e. The van der Waals surface area contributed by atoms with Gasteiger partial charge in [0.1, 0.15) is 0 Å². The Morgan fingerprint density at radius 3 is 1.57 bits per heavy atom. The van der Waals surface area contributed by atoms with Crippen molar-refractivity contribution in [2.24, 2.45) is 35.5 Å². The normalized spacial score (nSPS) is 30.0. The van der Waals surface area contributed by atoms with Crippen molar-refractivity contribution in [3.63, 3.8) is 0 Å². The van der Waals surface area contributed by atoms with Crippen molar-refractivity contribution in [1.29, 1.82) is 0 Å². The zero-order valence-electron chi connectivity index (χ0n) is 20.7. The van der Waals surface area contributed by atoms with Crippen LogP contribution in [-0.2, 0) is 28.7 Å². The quantitative estimate of drug-likeness (QED) is 0.475. The van der Waals surface area contributed by atoms with Crippen molar-refractivity contribution in [2.75, 3.05) is 16.4 Å². The van der Waals surface area contributed by atoms with Crippen LogP contribution in [0.5, 0.6) is 0 Å². The minimum Gasteiger partial charge on any atom is -0.463 e. The molecule has 8 heteroatoms. The van der Waals surface area contributed by atoms with Crippen LogP contribution in [0.4, 0.5) is 11.4 Å². The number of anilines is 2. The average molecular weight is 499 g/mol. The molecule has 4 amide bonds. The number of aryl methyl sites for hydroxylation is 2. The number of rotatable bonds is 4. The number of amides is 4. The highest BCUT2D eigenvalue weighted by molar-refractivity contribution is 6.27. The average Bonchev–Trinajstić information content (AvgIpc) is 3.31. The smallest absolute Gasteiger partial charge is 0.334 e. The van der Waals surface area contributed by atoms with E-state index in [9.17, 15) is 24.0 Å². The Morgan fingerprint density at radius 2 is 1.14 bits per heavy atom. The molecule has 3 fully saturated rings. The lowest BCUT2D eigenvalue weighted by molar-refractivity contribution is -0.146. The molecule has 2 bridgehead atoms. The highest BCUT2D eigenvalue weighted by Gasteiger charge is 2.71. The standard InChI is InChI=1S/C29H26N2O6/c1-4-37-29(36)17-13-16-21-23(27(34)30(25(21)32)18-11-7-5-9-14(18)2)20(17)24-22(16)26(33)31(28(24)35)19-12-8-6-10-15(19)3/h5-13,16,20-24H,4H2,1-3H3/t16?,20?,21-,22+,23-,24+. The number of para-hydroxylation sites is 2. The number of ether oxygens (including phenoxy) is 1. The third-order valence-electron chi connectivity index (χ3n) is 8.35. The van der Waals surface area contributed by atoms with Crippen molar-refractivity contribution in [1.82, 2.24) is 0 Å². The van der Waals surface area contributed by atoms with Crippen LogP contribution in [0.3, 0.4) is 0 Å². The van der Waals surface area contributed by atoms with Crippen molar-refractivity contribution in [3.8, 4) is 0 Å². The Kier molecular flexibility index (Phi) is 5.19. The third-order valence-corrected chi connectivity index (χ3v) is 8.35. The molecule has 6 atom stereocenters. The van der Waals surface area contributed by atoms with E-state index < -0.39 is 65.1 Å². The second kappa shape index (κ2) is 8.23. The van der Waals surface area contributed by atoms with Crippen molar-refractivity contribution >= 4 is 41.0 Å². The highest BCUT2D eigenvalue weighted by atomic mass is 16.5. The predicted molar refractivity (Wildman–Crippen MR) is 133 cm³/mol. The Morgan fingerprint density at radius 1 is 0.703 bits per heavy atom. The van der Waals surface area contributed by atoms with Crippen LogP contribution in [0.1, 0.15) is 18.1 Å². The molecule has 3 aliphatic carbocycles. The van der Waals surface area contributed by atoms with E-state index in [1.165, 1.54) is 9.80 Å². The number of esters is 1. The molecule has 8 nitrogen and oxygen atoms in total. The molecule has 0 aromatic heterocycles. The van der Waals surface area contributed by atoms with E-state index >= 15 is 0 Å². The zero-order valence-corrected chi connectivity index (χ0v) is 20.7. The lowest BCUT2D eigenvalue weighted by Crippen LogP contribution is -2.53. The molecule has 1 saturated carbocycles. The first-order valence-electron chi connectivity index (χ1n) is 12.5. The van der Waals surface area contributed by atoms with Gasteiger partial charge in [-0.1, -0.05) is 42.5 Å². The summed E-state index contributed by atoms with van der Waals surface area (Å²) in [5, 5.41) is 0. The van der Waals surface area contributed by atoms with Crippen LogP contribution >= 0.6 is 0 Å². The summed E-state index contributed by atoms with van der Waals surface area (Å²) in [7, 11) is 0. The number of carbonyl (C=O) groups is 5. The van der Waals surface area contributed by atoms with E-state index in [0.717, 1.165) is 11.1 Å². The van der Waals surface area contributed by atoms with Gasteiger partial charge >= 0.3 is 5.97 Å². The van der Waals surface area contributed by atoms with E-state index in [0.29, 0.717) is 11.4 Å². The molecule has 2 aromatic rings. The first-order chi connectivity index (χ1) is 17.8. The maximum absolute atomic E-state index is 13.9. The van der Waals surface area contributed by atoms with Gasteiger partial charge in [-0.3, -0.25) is 19.2 Å². The van der Waals surface area contributed by atoms with Gasteiger partial charge in [0, 0.05) is 17.4 Å². The molecule has 2 unspecified atom stereocenters.